The fourth-order valence-electron chi connectivity index (χ4n) is 5.91. The van der Waals surface area contributed by atoms with Crippen LogP contribution in [0.5, 0.6) is 0 Å². The van der Waals surface area contributed by atoms with E-state index >= 15 is 0 Å². The van der Waals surface area contributed by atoms with Crippen LogP contribution >= 0.6 is 0 Å². The standard InChI is InChI=1S/C34H36N4O4.Fe/c1-7-21-17(3)25-13-26-19(5)23(9-11-33(39)40)31(37-26)16-32-24(10-12-34(41)42)20(6)28(38-32)15-30-22(8-2)18(4)27(36-30)14-29(21)35-25;/h9,11,13-16,37,39-40H,7-8,10,12H2,1-6H3,(H,41,42);/q;+2/p-2/b23-9+,25-13?,27-14?,28-15?,31-16?;. The van der Waals surface area contributed by atoms with E-state index in [2.05, 4.69) is 38.8 Å². The summed E-state index contributed by atoms with van der Waals surface area (Å²) in [5.41, 5.74) is 12.7. The second-order valence-corrected chi connectivity index (χ2v) is 10.8. The molecule has 9 heteroatoms. The number of aliphatic imine (C=N–C) groups is 3. The first-order valence-corrected chi connectivity index (χ1v) is 14.2. The van der Waals surface area contributed by atoms with Crippen molar-refractivity contribution in [1.29, 1.82) is 0 Å². The van der Waals surface area contributed by atoms with Crippen LogP contribution in [0.15, 0.2) is 89.7 Å². The molecule has 8 nitrogen and oxygen atoms in total. The zero-order chi connectivity index (χ0) is 30.3. The summed E-state index contributed by atoms with van der Waals surface area (Å²) < 4.78 is 0. The Morgan fingerprint density at radius 3 is 1.79 bits per heavy atom. The number of carboxylic acids is 1. The SMILES string of the molecule is CCC1=C(C)C2=Cc3[nH]c(/c(=C/C=C([O-])[O-])c3C)=CC3=NC(=CC4=NC(=CC1=N2)C(C)=C4CC)C(C)=C3CCC(=O)O.[Fe+2]. The van der Waals surface area contributed by atoms with Crippen molar-refractivity contribution >= 4 is 41.3 Å². The van der Waals surface area contributed by atoms with Crippen molar-refractivity contribution in [3.8, 4) is 0 Å². The molecule has 0 unspecified atom stereocenters. The van der Waals surface area contributed by atoms with Gasteiger partial charge in [-0.1, -0.05) is 26.0 Å². The number of carbonyl (C=O) groups is 1. The van der Waals surface area contributed by atoms with Crippen molar-refractivity contribution < 1.29 is 37.2 Å². The summed E-state index contributed by atoms with van der Waals surface area (Å²) in [5, 5.41) is 33.5. The number of nitrogens with one attached hydrogen (secondary N) is 1. The van der Waals surface area contributed by atoms with E-state index in [4.69, 9.17) is 15.0 Å². The number of hydrogen-bond donors (Lipinski definition) is 2. The summed E-state index contributed by atoms with van der Waals surface area (Å²) in [6, 6.07) is 0. The van der Waals surface area contributed by atoms with E-state index in [0.717, 1.165) is 92.1 Å². The summed E-state index contributed by atoms with van der Waals surface area (Å²) in [4.78, 5) is 30.0. The van der Waals surface area contributed by atoms with Crippen LogP contribution in [0.2, 0.25) is 0 Å². The van der Waals surface area contributed by atoms with Crippen LogP contribution < -0.4 is 20.8 Å². The Morgan fingerprint density at radius 1 is 0.814 bits per heavy atom. The summed E-state index contributed by atoms with van der Waals surface area (Å²) >= 11 is 0. The van der Waals surface area contributed by atoms with Gasteiger partial charge in [0.15, 0.2) is 0 Å². The minimum absolute atomic E-state index is 0. The molecule has 2 N–H and O–H groups in total. The average molecular weight is 619 g/mol. The van der Waals surface area contributed by atoms with Crippen molar-refractivity contribution in [2.75, 3.05) is 0 Å². The Balaban J connectivity index is 0.00000423. The molecule has 8 bridgehead atoms. The van der Waals surface area contributed by atoms with E-state index < -0.39 is 11.9 Å². The van der Waals surface area contributed by atoms with E-state index in [0.29, 0.717) is 22.7 Å². The van der Waals surface area contributed by atoms with Crippen molar-refractivity contribution in [2.45, 2.75) is 67.2 Å². The van der Waals surface area contributed by atoms with Crippen molar-refractivity contribution in [3.05, 3.63) is 96.5 Å². The quantitative estimate of drug-likeness (QED) is 0.372. The number of aromatic amines is 1. The van der Waals surface area contributed by atoms with Crippen molar-refractivity contribution in [3.63, 3.8) is 0 Å². The fourth-order valence-corrected chi connectivity index (χ4v) is 5.91. The Labute approximate surface area is 261 Å². The van der Waals surface area contributed by atoms with Gasteiger partial charge >= 0.3 is 23.0 Å². The summed E-state index contributed by atoms with van der Waals surface area (Å²) in [6.45, 7) is 12.3. The molecular formula is C34H34FeN4O4. The van der Waals surface area contributed by atoms with Gasteiger partial charge in [0, 0.05) is 22.7 Å². The molecule has 0 amide bonds. The summed E-state index contributed by atoms with van der Waals surface area (Å²) in [7, 11) is 0. The van der Waals surface area contributed by atoms with Crippen LogP contribution in [-0.4, -0.2) is 33.2 Å². The van der Waals surface area contributed by atoms with Gasteiger partial charge in [0.2, 0.25) is 0 Å². The average Bonchev–Trinajstić information content (AvgIpc) is 3.59. The third-order valence-electron chi connectivity index (χ3n) is 8.32. The number of nitrogens with zero attached hydrogens (tertiary/aromatic N) is 3. The van der Waals surface area contributed by atoms with Gasteiger partial charge < -0.3 is 20.3 Å². The van der Waals surface area contributed by atoms with Crippen LogP contribution in [-0.2, 0) is 21.9 Å². The molecule has 222 valence electrons. The van der Waals surface area contributed by atoms with Crippen LogP contribution in [0, 0.1) is 6.92 Å². The van der Waals surface area contributed by atoms with Gasteiger partial charge in [0.05, 0.1) is 34.2 Å². The molecule has 4 aliphatic heterocycles. The Morgan fingerprint density at radius 2 is 1.30 bits per heavy atom. The van der Waals surface area contributed by atoms with Gasteiger partial charge in [0.1, 0.15) is 0 Å². The van der Waals surface area contributed by atoms with Gasteiger partial charge in [-0.05, 0) is 110 Å². The first-order chi connectivity index (χ1) is 20.0. The number of allylic oxidation sites excluding steroid dienone is 9. The first-order valence-electron chi connectivity index (χ1n) is 14.2. The normalized spacial score (nSPS) is 18.0. The zero-order valence-electron chi connectivity index (χ0n) is 25.2. The molecule has 1 aromatic heterocycles. The molecule has 0 spiro atoms. The molecule has 0 atom stereocenters. The second-order valence-electron chi connectivity index (χ2n) is 10.8. The topological polar surface area (TPSA) is 136 Å². The molecule has 5 heterocycles. The predicted molar refractivity (Wildman–Crippen MR) is 164 cm³/mol. The molecular weight excluding hydrogens is 584 g/mol. The predicted octanol–water partition coefficient (Wildman–Crippen LogP) is 3.56. The van der Waals surface area contributed by atoms with Crippen molar-refractivity contribution in [2.24, 2.45) is 15.0 Å². The summed E-state index contributed by atoms with van der Waals surface area (Å²) in [5.74, 6) is -2.18. The van der Waals surface area contributed by atoms with Gasteiger partial charge in [-0.15, -0.1) is 0 Å². The van der Waals surface area contributed by atoms with E-state index in [-0.39, 0.29) is 23.5 Å². The van der Waals surface area contributed by atoms with Crippen LogP contribution in [0.25, 0.3) is 18.2 Å². The number of carboxylic acid groups (broad SMARTS) is 1. The molecule has 4 aliphatic rings. The Kier molecular flexibility index (Phi) is 9.28. The van der Waals surface area contributed by atoms with Gasteiger partial charge in [-0.3, -0.25) is 4.79 Å². The number of H-pyrrole nitrogens is 1. The zero-order valence-corrected chi connectivity index (χ0v) is 26.3. The molecule has 43 heavy (non-hydrogen) atoms. The molecule has 0 aromatic carbocycles. The third kappa shape index (κ3) is 6.01. The third-order valence-corrected chi connectivity index (χ3v) is 8.32. The molecule has 0 saturated carbocycles. The van der Waals surface area contributed by atoms with Gasteiger partial charge in [0.25, 0.3) is 0 Å². The number of fused-ring (bicyclic) bond motifs is 5. The maximum atomic E-state index is 11.5. The maximum absolute atomic E-state index is 11.5. The monoisotopic (exact) mass is 618 g/mol. The molecule has 0 fully saturated rings. The summed E-state index contributed by atoms with van der Waals surface area (Å²) in [6.07, 6.45) is 12.3. The van der Waals surface area contributed by atoms with Gasteiger partial charge in [-0.2, -0.15) is 0 Å². The minimum Gasteiger partial charge on any atom is -0.884 e. The Bertz CT molecular complexity index is 1860. The first kappa shape index (κ1) is 31.7. The van der Waals surface area contributed by atoms with E-state index in [1.165, 1.54) is 6.08 Å². The molecule has 5 rings (SSSR count). The number of aliphatic carboxylic acids is 1. The molecule has 0 aliphatic carbocycles. The molecule has 1 aromatic rings. The largest absolute Gasteiger partial charge is 2.00 e. The van der Waals surface area contributed by atoms with Crippen LogP contribution in [0.4, 0.5) is 0 Å². The molecule has 0 radical (unpaired) electrons. The Hall–Kier alpha value is -4.20. The van der Waals surface area contributed by atoms with Crippen molar-refractivity contribution in [1.82, 2.24) is 4.98 Å². The van der Waals surface area contributed by atoms with Gasteiger partial charge in [-0.25, -0.2) is 20.9 Å². The van der Waals surface area contributed by atoms with Crippen LogP contribution in [0.3, 0.4) is 0 Å². The van der Waals surface area contributed by atoms with Crippen LogP contribution in [0.1, 0.15) is 71.6 Å². The number of hydrogen-bond acceptors (Lipinski definition) is 6. The minimum atomic E-state index is -1.29. The van der Waals surface area contributed by atoms with E-state index in [1.807, 2.05) is 32.1 Å². The molecule has 0 saturated heterocycles. The fraction of sp³-hybridized carbons (Fsp3) is 0.294. The smallest absolute Gasteiger partial charge is 0.884 e. The second kappa shape index (κ2) is 12.6. The van der Waals surface area contributed by atoms with E-state index in [1.54, 1.807) is 0 Å². The van der Waals surface area contributed by atoms with E-state index in [9.17, 15) is 20.1 Å². The maximum Gasteiger partial charge on any atom is 2.00 e. The number of aromatic nitrogens is 1. The number of rotatable bonds is 6.